The average molecular weight is 588 g/mol. The zero-order chi connectivity index (χ0) is 30.4. The Morgan fingerprint density at radius 2 is 1.48 bits per heavy atom. The van der Waals surface area contributed by atoms with Crippen LogP contribution < -0.4 is 0 Å². The predicted octanol–water partition coefficient (Wildman–Crippen LogP) is 9.39. The van der Waals surface area contributed by atoms with Gasteiger partial charge in [-0.1, -0.05) is 78.9 Å². The minimum atomic E-state index is 0.330. The van der Waals surface area contributed by atoms with E-state index in [9.17, 15) is 5.26 Å². The Morgan fingerprint density at radius 1 is 0.717 bits per heavy atom. The zero-order valence-corrected chi connectivity index (χ0v) is 24.8. The summed E-state index contributed by atoms with van der Waals surface area (Å²) >= 11 is 0. The highest BCUT2D eigenvalue weighted by molar-refractivity contribution is 6.17. The number of pyridine rings is 1. The number of hydrogen-bond acceptors (Lipinski definition) is 4. The summed E-state index contributed by atoms with van der Waals surface area (Å²) < 4.78 is 2.28. The second kappa shape index (κ2) is 9.44. The van der Waals surface area contributed by atoms with Crippen molar-refractivity contribution in [2.75, 3.05) is 0 Å². The van der Waals surface area contributed by atoms with E-state index in [0.717, 1.165) is 46.2 Å². The normalized spacial score (nSPS) is 14.5. The Labute approximate surface area is 265 Å². The Balaban J connectivity index is 1.38. The Morgan fingerprint density at radius 3 is 2.33 bits per heavy atom. The molecule has 0 aliphatic heterocycles. The Hall–Kier alpha value is -6.12. The standard InChI is InChI=1S/C41H25N5/c42-23-24-15-17-25(18-16-24)38-39-35(13-7-21-43-39)44-41(45-38)46-36-14-6-5-11-30(36)34-22-33-28-10-2-1-8-26(28)29-19-20-32(33)37(40(34)46)31-12-4-3-9-27(29)31/h1-18,21-22,29H,19-20H2. The zero-order valence-electron chi connectivity index (χ0n) is 24.8. The third kappa shape index (κ3) is 3.41. The molecule has 2 aliphatic rings. The highest BCUT2D eigenvalue weighted by Gasteiger charge is 2.34. The van der Waals surface area contributed by atoms with Gasteiger partial charge in [0.25, 0.3) is 0 Å². The predicted molar refractivity (Wildman–Crippen MR) is 183 cm³/mol. The van der Waals surface area contributed by atoms with Crippen molar-refractivity contribution in [1.29, 1.82) is 5.26 Å². The summed E-state index contributed by atoms with van der Waals surface area (Å²) in [6.07, 6.45) is 3.85. The molecule has 0 amide bonds. The summed E-state index contributed by atoms with van der Waals surface area (Å²) in [6, 6.07) is 42.7. The lowest BCUT2D eigenvalue weighted by molar-refractivity contribution is 0.736. The molecule has 0 spiro atoms. The SMILES string of the molecule is N#Cc1ccc(-c2nc(-n3c4ccccc4c4cc5c6c(c43)-c3ccccc3C(CC6)c3ccccc3-5)nc3cccnc23)cc1. The van der Waals surface area contributed by atoms with Gasteiger partial charge in [0.05, 0.1) is 28.2 Å². The molecular weight excluding hydrogens is 562 g/mol. The lowest BCUT2D eigenvalue weighted by Crippen LogP contribution is -2.07. The maximum Gasteiger partial charge on any atom is 0.235 e. The molecule has 0 saturated carbocycles. The first kappa shape index (κ1) is 25.2. The minimum absolute atomic E-state index is 0.330. The van der Waals surface area contributed by atoms with E-state index < -0.39 is 0 Å². The molecule has 46 heavy (non-hydrogen) atoms. The van der Waals surface area contributed by atoms with E-state index in [1.807, 2.05) is 36.4 Å². The fraction of sp³-hybridized carbons (Fsp3) is 0.0732. The van der Waals surface area contributed by atoms with E-state index in [4.69, 9.17) is 15.0 Å². The molecular formula is C41H25N5. The molecule has 0 saturated heterocycles. The molecule has 0 N–H and O–H groups in total. The molecule has 0 fully saturated rings. The molecule has 1 unspecified atom stereocenters. The fourth-order valence-electron chi connectivity index (χ4n) is 7.97. The molecule has 1 atom stereocenters. The summed E-state index contributed by atoms with van der Waals surface area (Å²) in [7, 11) is 0. The lowest BCUT2D eigenvalue weighted by atomic mass is 9.80. The van der Waals surface area contributed by atoms with Crippen molar-refractivity contribution in [2.45, 2.75) is 18.8 Å². The van der Waals surface area contributed by atoms with Crippen LogP contribution in [0.4, 0.5) is 0 Å². The van der Waals surface area contributed by atoms with Crippen molar-refractivity contribution >= 4 is 32.8 Å². The van der Waals surface area contributed by atoms with Crippen LogP contribution >= 0.6 is 0 Å². The summed E-state index contributed by atoms with van der Waals surface area (Å²) in [4.78, 5) is 15.2. The van der Waals surface area contributed by atoms with Crippen molar-refractivity contribution in [3.63, 3.8) is 0 Å². The summed E-state index contributed by atoms with van der Waals surface area (Å²) in [5.74, 6) is 0.938. The van der Waals surface area contributed by atoms with Crippen LogP contribution in [0.5, 0.6) is 0 Å². The molecule has 5 aromatic carbocycles. The molecule has 5 nitrogen and oxygen atoms in total. The molecule has 0 radical (unpaired) electrons. The molecule has 214 valence electrons. The van der Waals surface area contributed by atoms with Crippen molar-refractivity contribution < 1.29 is 0 Å². The number of hydrogen-bond donors (Lipinski definition) is 0. The van der Waals surface area contributed by atoms with Crippen LogP contribution in [0.3, 0.4) is 0 Å². The van der Waals surface area contributed by atoms with E-state index in [-0.39, 0.29) is 0 Å². The van der Waals surface area contributed by atoms with E-state index >= 15 is 0 Å². The summed E-state index contributed by atoms with van der Waals surface area (Å²) in [6.45, 7) is 0. The Bertz CT molecular complexity index is 2610. The van der Waals surface area contributed by atoms with Crippen LogP contribution in [0.15, 0.2) is 121 Å². The van der Waals surface area contributed by atoms with Crippen molar-refractivity contribution in [3.8, 4) is 45.5 Å². The Kier molecular flexibility index (Phi) is 5.18. The van der Waals surface area contributed by atoms with Gasteiger partial charge in [-0.3, -0.25) is 9.55 Å². The minimum Gasteiger partial charge on any atom is -0.277 e. The van der Waals surface area contributed by atoms with Gasteiger partial charge >= 0.3 is 0 Å². The van der Waals surface area contributed by atoms with Gasteiger partial charge in [0.2, 0.25) is 5.95 Å². The van der Waals surface area contributed by atoms with Gasteiger partial charge in [-0.25, -0.2) is 9.97 Å². The summed E-state index contributed by atoms with van der Waals surface area (Å²) in [5, 5.41) is 11.8. The largest absolute Gasteiger partial charge is 0.277 e. The van der Waals surface area contributed by atoms with Gasteiger partial charge in [0.15, 0.2) is 0 Å². The van der Waals surface area contributed by atoms with E-state index in [2.05, 4.69) is 89.5 Å². The number of nitrogens with zero attached hydrogens (tertiary/aromatic N) is 5. The molecule has 10 rings (SSSR count). The number of aromatic nitrogens is 4. The van der Waals surface area contributed by atoms with Crippen LogP contribution in [-0.4, -0.2) is 19.5 Å². The summed E-state index contributed by atoms with van der Waals surface area (Å²) in [5.41, 5.74) is 15.4. The third-order valence-corrected chi connectivity index (χ3v) is 9.91. The monoisotopic (exact) mass is 587 g/mol. The molecule has 3 aromatic heterocycles. The third-order valence-electron chi connectivity index (χ3n) is 9.91. The highest BCUT2D eigenvalue weighted by atomic mass is 15.2. The first-order chi connectivity index (χ1) is 22.8. The molecule has 8 aromatic rings. The molecule has 3 heterocycles. The molecule has 2 aliphatic carbocycles. The van der Waals surface area contributed by atoms with Gasteiger partial charge in [-0.05, 0) is 82.6 Å². The number of fused-ring (bicyclic) bond motifs is 13. The van der Waals surface area contributed by atoms with Crippen LogP contribution in [0.25, 0.3) is 72.3 Å². The maximum atomic E-state index is 9.43. The smallest absolute Gasteiger partial charge is 0.235 e. The van der Waals surface area contributed by atoms with Gasteiger partial charge < -0.3 is 0 Å². The quantitative estimate of drug-likeness (QED) is 0.202. The second-order valence-corrected chi connectivity index (χ2v) is 12.2. The van der Waals surface area contributed by atoms with Crippen LogP contribution in [0, 0.1) is 11.3 Å². The first-order valence-electron chi connectivity index (χ1n) is 15.7. The number of nitriles is 1. The fourth-order valence-corrected chi connectivity index (χ4v) is 7.97. The van der Waals surface area contributed by atoms with E-state index in [0.29, 0.717) is 17.4 Å². The molecule has 2 bridgehead atoms. The highest BCUT2D eigenvalue weighted by Crippen LogP contribution is 2.53. The maximum absolute atomic E-state index is 9.43. The van der Waals surface area contributed by atoms with Crippen LogP contribution in [0.2, 0.25) is 0 Å². The number of rotatable bonds is 2. The van der Waals surface area contributed by atoms with Gasteiger partial charge in [-0.2, -0.15) is 5.26 Å². The first-order valence-corrected chi connectivity index (χ1v) is 15.7. The van der Waals surface area contributed by atoms with E-state index in [1.54, 1.807) is 6.20 Å². The van der Waals surface area contributed by atoms with Crippen LogP contribution in [-0.2, 0) is 6.42 Å². The van der Waals surface area contributed by atoms with Crippen molar-refractivity contribution in [2.24, 2.45) is 0 Å². The average Bonchev–Trinajstić information content (AvgIpc) is 3.23. The number of benzene rings is 5. The van der Waals surface area contributed by atoms with Gasteiger partial charge in [-0.15, -0.1) is 0 Å². The topological polar surface area (TPSA) is 67.4 Å². The van der Waals surface area contributed by atoms with Crippen molar-refractivity contribution in [3.05, 3.63) is 144 Å². The number of para-hydroxylation sites is 1. The molecule has 5 heteroatoms. The lowest BCUT2D eigenvalue weighted by Gasteiger charge is -2.24. The van der Waals surface area contributed by atoms with Gasteiger partial charge in [0.1, 0.15) is 11.2 Å². The van der Waals surface area contributed by atoms with Crippen molar-refractivity contribution in [1.82, 2.24) is 19.5 Å². The van der Waals surface area contributed by atoms with Gasteiger partial charge in [0, 0.05) is 34.0 Å². The van der Waals surface area contributed by atoms with Crippen LogP contribution in [0.1, 0.15) is 34.6 Å². The second-order valence-electron chi connectivity index (χ2n) is 12.2. The van der Waals surface area contributed by atoms with E-state index in [1.165, 1.54) is 49.7 Å².